The van der Waals surface area contributed by atoms with E-state index in [-0.39, 0.29) is 23.7 Å². The minimum Gasteiger partial charge on any atom is -0.493 e. The van der Waals surface area contributed by atoms with Crippen molar-refractivity contribution >= 4 is 29.6 Å². The van der Waals surface area contributed by atoms with Crippen molar-refractivity contribution in [2.24, 2.45) is 5.10 Å². The van der Waals surface area contributed by atoms with Crippen LogP contribution in [0.5, 0.6) is 11.5 Å². The summed E-state index contributed by atoms with van der Waals surface area (Å²) in [4.78, 5) is 36.1. The number of alkyl halides is 3. The van der Waals surface area contributed by atoms with Crippen LogP contribution in [-0.4, -0.2) is 37.7 Å². The Morgan fingerprint density at radius 1 is 0.949 bits per heavy atom. The van der Waals surface area contributed by atoms with Crippen LogP contribution in [0.25, 0.3) is 0 Å². The van der Waals surface area contributed by atoms with Gasteiger partial charge in [0.2, 0.25) is 0 Å². The van der Waals surface area contributed by atoms with E-state index >= 15 is 0 Å². The Labute approximate surface area is 222 Å². The fraction of sp³-hybridized carbons (Fsp3) is 0.185. The highest BCUT2D eigenvalue weighted by Gasteiger charge is 2.30. The molecule has 0 fully saturated rings. The van der Waals surface area contributed by atoms with Crippen molar-refractivity contribution in [1.82, 2.24) is 10.7 Å². The molecule has 0 radical (unpaired) electrons. The lowest BCUT2D eigenvalue weighted by Crippen LogP contribution is -2.37. The van der Waals surface area contributed by atoms with Crippen molar-refractivity contribution < 1.29 is 37.0 Å². The van der Waals surface area contributed by atoms with Crippen LogP contribution < -0.4 is 25.5 Å². The van der Waals surface area contributed by atoms with Gasteiger partial charge in [0, 0.05) is 12.2 Å². The van der Waals surface area contributed by atoms with E-state index < -0.39 is 36.1 Å². The molecule has 3 rings (SSSR count). The number of ether oxygens (including phenoxy) is 2. The number of methoxy groups -OCH3 is 1. The van der Waals surface area contributed by atoms with Crippen molar-refractivity contribution in [3.05, 3.63) is 89.0 Å². The Bertz CT molecular complexity index is 1360. The van der Waals surface area contributed by atoms with Crippen molar-refractivity contribution in [3.8, 4) is 11.5 Å². The second kappa shape index (κ2) is 13.1. The van der Waals surface area contributed by atoms with Gasteiger partial charge in [-0.05, 0) is 54.4 Å². The van der Waals surface area contributed by atoms with Crippen molar-refractivity contribution in [2.75, 3.05) is 19.0 Å². The Hall–Kier alpha value is -4.87. The van der Waals surface area contributed by atoms with E-state index in [1.54, 1.807) is 6.07 Å². The summed E-state index contributed by atoms with van der Waals surface area (Å²) in [5.74, 6) is -2.05. The number of carbonyl (C=O) groups excluding carboxylic acids is 3. The Kier molecular flexibility index (Phi) is 9.63. The molecule has 0 spiro atoms. The van der Waals surface area contributed by atoms with E-state index in [4.69, 9.17) is 9.47 Å². The minimum atomic E-state index is -4.54. The fourth-order valence-electron chi connectivity index (χ4n) is 3.18. The number of rotatable bonds is 9. The van der Waals surface area contributed by atoms with Crippen LogP contribution in [0.4, 0.5) is 18.9 Å². The van der Waals surface area contributed by atoms with Crippen LogP contribution >= 0.6 is 0 Å². The third kappa shape index (κ3) is 8.88. The number of nitrogens with one attached hydrogen (secondary N) is 3. The number of carbonyl (C=O) groups is 3. The standard InChI is InChI=1S/C27H25F3N4O5/c1-17-6-8-18(9-7-17)14-31-25(36)26(37)34-32-15-19-10-11-22(23(12-19)38-2)39-16-24(35)33-21-5-3-4-20(13-21)27(28,29)30/h3-13,15H,14,16H2,1-2H3,(H,31,36)(H,33,35)(H,34,37)/b32-15-. The van der Waals surface area contributed by atoms with Crippen LogP contribution in [0.15, 0.2) is 71.8 Å². The third-order valence-corrected chi connectivity index (χ3v) is 5.18. The summed E-state index contributed by atoms with van der Waals surface area (Å²) in [6.07, 6.45) is -3.26. The second-order valence-corrected chi connectivity index (χ2v) is 8.19. The molecule has 0 unspecified atom stereocenters. The van der Waals surface area contributed by atoms with Crippen LogP contribution in [0.3, 0.4) is 0 Å². The van der Waals surface area contributed by atoms with Gasteiger partial charge in [-0.15, -0.1) is 0 Å². The Balaban J connectivity index is 1.50. The molecule has 3 aromatic carbocycles. The molecule has 204 valence electrons. The zero-order chi connectivity index (χ0) is 28.4. The number of nitrogens with zero attached hydrogens (tertiary/aromatic N) is 1. The summed E-state index contributed by atoms with van der Waals surface area (Å²) < 4.78 is 49.2. The van der Waals surface area contributed by atoms with Gasteiger partial charge in [0.25, 0.3) is 5.91 Å². The maximum absolute atomic E-state index is 12.8. The van der Waals surface area contributed by atoms with E-state index in [1.807, 2.05) is 31.2 Å². The number of amides is 3. The average molecular weight is 543 g/mol. The van der Waals surface area contributed by atoms with E-state index in [0.29, 0.717) is 5.56 Å². The second-order valence-electron chi connectivity index (χ2n) is 8.19. The molecule has 0 aliphatic carbocycles. The van der Waals surface area contributed by atoms with E-state index in [2.05, 4.69) is 21.2 Å². The summed E-state index contributed by atoms with van der Waals surface area (Å²) in [5.41, 5.74) is 3.61. The highest BCUT2D eigenvalue weighted by atomic mass is 19.4. The first-order valence-corrected chi connectivity index (χ1v) is 11.5. The zero-order valence-corrected chi connectivity index (χ0v) is 21.0. The molecule has 3 aromatic rings. The lowest BCUT2D eigenvalue weighted by molar-refractivity contribution is -0.139. The highest BCUT2D eigenvalue weighted by molar-refractivity contribution is 6.35. The molecular formula is C27H25F3N4O5. The first-order chi connectivity index (χ1) is 18.5. The number of halogens is 3. The Morgan fingerprint density at radius 3 is 2.38 bits per heavy atom. The number of aryl methyl sites for hydroxylation is 1. The maximum Gasteiger partial charge on any atom is 0.416 e. The van der Waals surface area contributed by atoms with Gasteiger partial charge in [0.15, 0.2) is 18.1 Å². The Morgan fingerprint density at radius 2 is 1.69 bits per heavy atom. The predicted octanol–water partition coefficient (Wildman–Crippen LogP) is 3.81. The van der Waals surface area contributed by atoms with Gasteiger partial charge in [-0.2, -0.15) is 18.3 Å². The zero-order valence-electron chi connectivity index (χ0n) is 21.0. The lowest BCUT2D eigenvalue weighted by Gasteiger charge is -2.12. The van der Waals surface area contributed by atoms with Crippen molar-refractivity contribution in [3.63, 3.8) is 0 Å². The molecule has 12 heteroatoms. The summed E-state index contributed by atoms with van der Waals surface area (Å²) in [5, 5.41) is 8.59. The van der Waals surface area contributed by atoms with Gasteiger partial charge >= 0.3 is 18.0 Å². The van der Waals surface area contributed by atoms with Crippen LogP contribution in [0.1, 0.15) is 22.3 Å². The van der Waals surface area contributed by atoms with Crippen LogP contribution in [-0.2, 0) is 27.1 Å². The lowest BCUT2D eigenvalue weighted by atomic mass is 10.1. The molecule has 0 saturated carbocycles. The van der Waals surface area contributed by atoms with Crippen molar-refractivity contribution in [2.45, 2.75) is 19.6 Å². The third-order valence-electron chi connectivity index (χ3n) is 5.18. The number of hydrogen-bond acceptors (Lipinski definition) is 6. The van der Waals surface area contributed by atoms with Gasteiger partial charge in [-0.1, -0.05) is 35.9 Å². The summed E-state index contributed by atoms with van der Waals surface area (Å²) in [7, 11) is 1.37. The highest BCUT2D eigenvalue weighted by Crippen LogP contribution is 2.31. The molecule has 0 atom stereocenters. The number of benzene rings is 3. The molecule has 0 aromatic heterocycles. The van der Waals surface area contributed by atoms with Gasteiger partial charge in [-0.3, -0.25) is 14.4 Å². The molecule has 9 nitrogen and oxygen atoms in total. The molecule has 0 aliphatic heterocycles. The summed E-state index contributed by atoms with van der Waals surface area (Å²) in [6, 6.07) is 16.2. The quantitative estimate of drug-likeness (QED) is 0.216. The minimum absolute atomic E-state index is 0.0252. The molecule has 0 saturated heterocycles. The van der Waals surface area contributed by atoms with Crippen LogP contribution in [0, 0.1) is 6.92 Å². The molecule has 3 amide bonds. The summed E-state index contributed by atoms with van der Waals surface area (Å²) in [6.45, 7) is 1.64. The topological polar surface area (TPSA) is 118 Å². The van der Waals surface area contributed by atoms with Gasteiger partial charge in [0.1, 0.15) is 0 Å². The molecular weight excluding hydrogens is 517 g/mol. The normalized spacial score (nSPS) is 11.1. The molecule has 39 heavy (non-hydrogen) atoms. The molecule has 0 bridgehead atoms. The monoisotopic (exact) mass is 542 g/mol. The average Bonchev–Trinajstić information content (AvgIpc) is 2.91. The SMILES string of the molecule is COc1cc(/C=N\NC(=O)C(=O)NCc2ccc(C)cc2)ccc1OCC(=O)Nc1cccc(C(F)(F)F)c1. The largest absolute Gasteiger partial charge is 0.493 e. The number of hydrazone groups is 1. The fourth-order valence-corrected chi connectivity index (χ4v) is 3.18. The molecule has 0 aliphatic rings. The van der Waals surface area contributed by atoms with Crippen molar-refractivity contribution in [1.29, 1.82) is 0 Å². The maximum atomic E-state index is 12.8. The van der Waals surface area contributed by atoms with E-state index in [9.17, 15) is 27.6 Å². The van der Waals surface area contributed by atoms with Gasteiger partial charge in [0.05, 0.1) is 18.9 Å². The van der Waals surface area contributed by atoms with E-state index in [1.165, 1.54) is 37.6 Å². The first kappa shape index (κ1) is 28.7. The smallest absolute Gasteiger partial charge is 0.416 e. The summed E-state index contributed by atoms with van der Waals surface area (Å²) >= 11 is 0. The molecule has 0 heterocycles. The predicted molar refractivity (Wildman–Crippen MR) is 137 cm³/mol. The van der Waals surface area contributed by atoms with Gasteiger partial charge in [-0.25, -0.2) is 5.43 Å². The van der Waals surface area contributed by atoms with Gasteiger partial charge < -0.3 is 20.1 Å². The molecule has 3 N–H and O–H groups in total. The number of anilines is 1. The first-order valence-electron chi connectivity index (χ1n) is 11.5. The van der Waals surface area contributed by atoms with Crippen LogP contribution in [0.2, 0.25) is 0 Å². The van der Waals surface area contributed by atoms with E-state index in [0.717, 1.165) is 23.3 Å². The number of hydrogen-bond donors (Lipinski definition) is 3.